The van der Waals surface area contributed by atoms with Gasteiger partial charge in [-0.3, -0.25) is 19.2 Å². The van der Waals surface area contributed by atoms with E-state index in [0.717, 1.165) is 57.8 Å². The van der Waals surface area contributed by atoms with E-state index in [4.69, 9.17) is 16.3 Å². The summed E-state index contributed by atoms with van der Waals surface area (Å²) in [6.07, 6.45) is 16.7. The van der Waals surface area contributed by atoms with Gasteiger partial charge in [-0.05, 0) is 92.3 Å². The number of amides is 4. The van der Waals surface area contributed by atoms with E-state index in [1.54, 1.807) is 4.90 Å². The number of rotatable bonds is 10. The molecule has 6 rings (SSSR count). The smallest absolute Gasteiger partial charge is 0.246 e. The van der Waals surface area contributed by atoms with Gasteiger partial charge < -0.3 is 31.8 Å². The molecule has 10 heteroatoms. The largest absolute Gasteiger partial charge is 0.368 e. The Bertz CT molecular complexity index is 1330. The Morgan fingerprint density at radius 2 is 1.45 bits per heavy atom. The van der Waals surface area contributed by atoms with Crippen LogP contribution in [0.5, 0.6) is 0 Å². The number of nitrogens with zero attached hydrogens (tertiary/aromatic N) is 1. The molecule has 0 aromatic carbocycles. The normalized spacial score (nSPS) is 28.3. The Kier molecular flexibility index (Phi) is 18.3. The van der Waals surface area contributed by atoms with Gasteiger partial charge >= 0.3 is 0 Å². The molecule has 6 N–H and O–H groups in total. The second-order valence-electron chi connectivity index (χ2n) is 19.6. The van der Waals surface area contributed by atoms with Crippen LogP contribution in [0.15, 0.2) is 12.2 Å². The van der Waals surface area contributed by atoms with E-state index in [-0.39, 0.29) is 39.9 Å². The first-order chi connectivity index (χ1) is 26.2. The Morgan fingerprint density at radius 3 is 1.82 bits per heavy atom. The highest BCUT2D eigenvalue weighted by molar-refractivity contribution is 5.94. The number of hydrogen-bond acceptors (Lipinski definition) is 6. The minimum absolute atomic E-state index is 0.0570. The summed E-state index contributed by atoms with van der Waals surface area (Å²) < 4.78 is 0. The number of hydrogen-bond donors (Lipinski definition) is 4. The van der Waals surface area contributed by atoms with E-state index < -0.39 is 29.4 Å². The second kappa shape index (κ2) is 20.8. The molecule has 1 aliphatic heterocycles. The fourth-order valence-corrected chi connectivity index (χ4v) is 9.78. The molecule has 8 atom stereocenters. The predicted molar refractivity (Wildman–Crippen MR) is 228 cm³/mol. The fraction of sp³-hybridized carbons (Fsp3) is 0.848. The number of primary amides is 1. The summed E-state index contributed by atoms with van der Waals surface area (Å²) in [6.45, 7) is 29.5. The van der Waals surface area contributed by atoms with Crippen molar-refractivity contribution in [3.05, 3.63) is 12.2 Å². The number of nitrogens with two attached hydrogens (primary N) is 2. The lowest BCUT2D eigenvalue weighted by Gasteiger charge is -2.37. The molecule has 4 amide bonds. The van der Waals surface area contributed by atoms with Crippen LogP contribution in [0, 0.1) is 45.3 Å². The van der Waals surface area contributed by atoms with Crippen molar-refractivity contribution in [3.8, 4) is 0 Å². The van der Waals surface area contributed by atoms with Gasteiger partial charge in [-0.15, -0.1) is 0 Å². The third kappa shape index (κ3) is 11.3. The molecule has 0 bridgehead atoms. The van der Waals surface area contributed by atoms with Crippen molar-refractivity contribution >= 4 is 30.4 Å². The summed E-state index contributed by atoms with van der Waals surface area (Å²) in [7, 11) is 0. The SMILES string of the molecule is C=C1CC1.C=O.CC(C)(C)[C@H](NC(=O)C(N)C1CCCCC1)C(=O)N1C[C@]2(CC1C(N)=O)C(C)(C)C21CCC1.CCC.CCC(C)C(C)NC(=O)C1C[C@H]1CC. The fourth-order valence-electron chi connectivity index (χ4n) is 9.78. The van der Waals surface area contributed by atoms with Gasteiger partial charge in [0.15, 0.2) is 0 Å². The monoisotopic (exact) mass is 786 g/mol. The van der Waals surface area contributed by atoms with Gasteiger partial charge in [0.25, 0.3) is 0 Å². The molecule has 10 nitrogen and oxygen atoms in total. The molecule has 1 saturated heterocycles. The van der Waals surface area contributed by atoms with Crippen molar-refractivity contribution in [2.75, 3.05) is 6.54 Å². The van der Waals surface area contributed by atoms with Gasteiger partial charge in [0.1, 0.15) is 18.9 Å². The van der Waals surface area contributed by atoms with E-state index in [1.807, 2.05) is 27.6 Å². The number of fused-ring (bicyclic) bond motifs is 1. The van der Waals surface area contributed by atoms with Crippen molar-refractivity contribution in [2.24, 2.45) is 56.8 Å². The predicted octanol–water partition coefficient (Wildman–Crippen LogP) is 7.86. The molecule has 6 aliphatic rings. The van der Waals surface area contributed by atoms with E-state index in [2.05, 4.69) is 72.6 Å². The second-order valence-corrected chi connectivity index (χ2v) is 19.6. The molecule has 322 valence electrons. The van der Waals surface area contributed by atoms with Crippen LogP contribution in [0.1, 0.15) is 172 Å². The Balaban J connectivity index is 0.000000386. The van der Waals surface area contributed by atoms with Crippen molar-refractivity contribution in [1.29, 1.82) is 0 Å². The zero-order valence-electron chi connectivity index (χ0n) is 37.5. The Hall–Kier alpha value is -2.75. The highest BCUT2D eigenvalue weighted by atomic mass is 16.2. The first-order valence-electron chi connectivity index (χ1n) is 22.1. The molecule has 56 heavy (non-hydrogen) atoms. The van der Waals surface area contributed by atoms with Crippen molar-refractivity contribution in [1.82, 2.24) is 15.5 Å². The van der Waals surface area contributed by atoms with Gasteiger partial charge in [-0.2, -0.15) is 0 Å². The maximum absolute atomic E-state index is 13.9. The number of carbonyl (C=O) groups excluding carboxylic acids is 5. The van der Waals surface area contributed by atoms with Crippen molar-refractivity contribution < 1.29 is 24.0 Å². The highest BCUT2D eigenvalue weighted by Gasteiger charge is 2.85. The van der Waals surface area contributed by atoms with Crippen LogP contribution < -0.4 is 22.1 Å². The van der Waals surface area contributed by atoms with Gasteiger partial charge in [0.2, 0.25) is 23.6 Å². The molecule has 0 radical (unpaired) electrons. The van der Waals surface area contributed by atoms with E-state index in [9.17, 15) is 19.2 Å². The van der Waals surface area contributed by atoms with Gasteiger partial charge in [0, 0.05) is 23.9 Å². The maximum Gasteiger partial charge on any atom is 0.246 e. The average molecular weight is 786 g/mol. The summed E-state index contributed by atoms with van der Waals surface area (Å²) in [6, 6.07) is -1.66. The Morgan fingerprint density at radius 1 is 0.911 bits per heavy atom. The quantitative estimate of drug-likeness (QED) is 0.165. The minimum atomic E-state index is -0.754. The van der Waals surface area contributed by atoms with Crippen molar-refractivity contribution in [3.63, 3.8) is 0 Å². The third-order valence-corrected chi connectivity index (χ3v) is 14.5. The van der Waals surface area contributed by atoms with E-state index >= 15 is 0 Å². The topological polar surface area (TPSA) is 165 Å². The van der Waals surface area contributed by atoms with Crippen LogP contribution in [0.4, 0.5) is 0 Å². The lowest BCUT2D eigenvalue weighted by Crippen LogP contribution is -2.60. The number of nitrogens with one attached hydrogen (secondary N) is 2. The van der Waals surface area contributed by atoms with Gasteiger partial charge in [0.05, 0.1) is 6.04 Å². The lowest BCUT2D eigenvalue weighted by molar-refractivity contribution is -0.143. The standard InChI is InChI=1S/C26H44N4O3.C12H23NO.C4H6.C3H8.CH2O/c1-23(2,3)19(29-21(32)18(27)16-10-7-6-8-11-16)22(33)30-15-26(14-17(30)20(28)31)24(4,5)25(26)12-9-13-25;1-5-8(3)9(4)13-12(14)11-7-10(11)6-2;1-4-2-3-4;1-3-2;1-2/h16-19H,6-15,27H2,1-5H3,(H2,28,31)(H,29,32);8-11H,5-7H2,1-4H3,(H,13,14);1-3H2;3H2,1-2H3;1H2/t17?,18?,19-,26-;8?,9?,10-,11?;;;/m11.../s1. The maximum atomic E-state index is 13.9. The van der Waals surface area contributed by atoms with Crippen LogP contribution in [-0.2, 0) is 24.0 Å². The molecule has 6 fully saturated rings. The Labute approximate surface area is 341 Å². The zero-order chi connectivity index (χ0) is 42.8. The zero-order valence-corrected chi connectivity index (χ0v) is 37.5. The van der Waals surface area contributed by atoms with Crippen LogP contribution >= 0.6 is 0 Å². The summed E-state index contributed by atoms with van der Waals surface area (Å²) in [5, 5.41) is 6.12. The summed E-state index contributed by atoms with van der Waals surface area (Å²) in [5.74, 6) is 1.10. The van der Waals surface area contributed by atoms with Gasteiger partial charge in [-0.1, -0.05) is 126 Å². The summed E-state index contributed by atoms with van der Waals surface area (Å²) in [4.78, 5) is 61.0. The average Bonchev–Trinajstić information content (AvgIpc) is 4.09. The summed E-state index contributed by atoms with van der Waals surface area (Å²) in [5.41, 5.74) is 13.3. The highest BCUT2D eigenvalue weighted by Crippen LogP contribution is 2.88. The van der Waals surface area contributed by atoms with Crippen LogP contribution in [0.25, 0.3) is 0 Å². The minimum Gasteiger partial charge on any atom is -0.368 e. The summed E-state index contributed by atoms with van der Waals surface area (Å²) >= 11 is 0. The molecule has 0 aromatic rings. The first kappa shape index (κ1) is 49.4. The molecule has 5 unspecified atom stereocenters. The molecule has 1 heterocycles. The van der Waals surface area contributed by atoms with E-state index in [1.165, 1.54) is 37.7 Å². The first-order valence-corrected chi connectivity index (χ1v) is 22.1. The number of likely N-dealkylation sites (tertiary alicyclic amines) is 1. The molecule has 0 aromatic heterocycles. The van der Waals surface area contributed by atoms with Crippen LogP contribution in [-0.4, -0.2) is 66.0 Å². The lowest BCUT2D eigenvalue weighted by atomic mass is 9.73. The number of allylic oxidation sites excluding steroid dienone is 1. The molecule has 2 spiro atoms. The van der Waals surface area contributed by atoms with E-state index in [0.29, 0.717) is 36.8 Å². The molecule has 5 aliphatic carbocycles. The van der Waals surface area contributed by atoms with Crippen LogP contribution in [0.3, 0.4) is 0 Å². The third-order valence-electron chi connectivity index (χ3n) is 14.5. The number of carbonyl (C=O) groups is 5. The molecular formula is C46H83N5O5. The van der Waals surface area contributed by atoms with Gasteiger partial charge in [-0.25, -0.2) is 0 Å². The van der Waals surface area contributed by atoms with Crippen LogP contribution in [0.2, 0.25) is 0 Å². The van der Waals surface area contributed by atoms with Crippen molar-refractivity contribution in [2.45, 2.75) is 197 Å². The molecule has 5 saturated carbocycles. The molecular weight excluding hydrogens is 703 g/mol.